The summed E-state index contributed by atoms with van der Waals surface area (Å²) in [5, 5.41) is 23.8. The second-order valence-corrected chi connectivity index (χ2v) is 6.00. The second-order valence-electron chi connectivity index (χ2n) is 6.00. The van der Waals surface area contributed by atoms with Gasteiger partial charge in [-0.15, -0.1) is 0 Å². The van der Waals surface area contributed by atoms with Crippen molar-refractivity contribution in [2.24, 2.45) is 0 Å². The number of aliphatic hydroxyl groups is 1. The van der Waals surface area contributed by atoms with Crippen molar-refractivity contribution in [3.8, 4) is 5.75 Å². The molecule has 0 fully saturated rings. The Morgan fingerprint density at radius 2 is 2.10 bits per heavy atom. The van der Waals surface area contributed by atoms with E-state index in [1.807, 2.05) is 13.8 Å². The van der Waals surface area contributed by atoms with E-state index in [0.717, 1.165) is 5.56 Å². The zero-order valence-corrected chi connectivity index (χ0v) is 13.0. The summed E-state index contributed by atoms with van der Waals surface area (Å²) in [6.45, 7) is 8.30. The van der Waals surface area contributed by atoms with E-state index in [2.05, 4.69) is 5.32 Å². The molecule has 0 amide bonds. The molecule has 0 saturated heterocycles. The van der Waals surface area contributed by atoms with Gasteiger partial charge in [0.2, 0.25) is 0 Å². The highest BCUT2D eigenvalue weighted by Crippen LogP contribution is 2.25. The number of nitrogens with zero attached hydrogens (tertiary/aromatic N) is 1. The average molecular weight is 296 g/mol. The largest absolute Gasteiger partial charge is 0.493 e. The molecule has 6 heteroatoms. The number of hydrogen-bond donors (Lipinski definition) is 2. The molecule has 1 aromatic carbocycles. The molecule has 2 N–H and O–H groups in total. The third-order valence-corrected chi connectivity index (χ3v) is 2.93. The van der Waals surface area contributed by atoms with Gasteiger partial charge in [0.25, 0.3) is 5.69 Å². The van der Waals surface area contributed by atoms with Gasteiger partial charge in [0, 0.05) is 36.7 Å². The van der Waals surface area contributed by atoms with Crippen LogP contribution in [0.1, 0.15) is 39.7 Å². The second kappa shape index (κ2) is 7.38. The molecule has 1 rings (SSSR count). The quantitative estimate of drug-likeness (QED) is 0.569. The Bertz CT molecular complexity index is 481. The van der Waals surface area contributed by atoms with Crippen molar-refractivity contribution in [2.45, 2.75) is 52.3 Å². The topological polar surface area (TPSA) is 84.6 Å². The SMILES string of the molecule is CC(C)NCc1cc([N+](=O)[O-])ccc1OCCC(C)(C)O. The van der Waals surface area contributed by atoms with Crippen LogP contribution in [0, 0.1) is 10.1 Å². The molecule has 1 aromatic rings. The van der Waals surface area contributed by atoms with Crippen molar-refractivity contribution >= 4 is 5.69 Å². The van der Waals surface area contributed by atoms with E-state index in [4.69, 9.17) is 4.74 Å². The summed E-state index contributed by atoms with van der Waals surface area (Å²) < 4.78 is 5.66. The van der Waals surface area contributed by atoms with E-state index >= 15 is 0 Å². The van der Waals surface area contributed by atoms with Crippen molar-refractivity contribution in [3.63, 3.8) is 0 Å². The van der Waals surface area contributed by atoms with Gasteiger partial charge in [0.15, 0.2) is 0 Å². The highest BCUT2D eigenvalue weighted by Gasteiger charge is 2.15. The van der Waals surface area contributed by atoms with Gasteiger partial charge in [0.1, 0.15) is 5.75 Å². The van der Waals surface area contributed by atoms with Crippen LogP contribution in [0.5, 0.6) is 5.75 Å². The fraction of sp³-hybridized carbons (Fsp3) is 0.600. The first-order chi connectivity index (χ1) is 9.69. The number of nitro benzene ring substituents is 1. The molecule has 0 aromatic heterocycles. The lowest BCUT2D eigenvalue weighted by molar-refractivity contribution is -0.384. The fourth-order valence-electron chi connectivity index (χ4n) is 1.68. The predicted octanol–water partition coefficient (Wildman–Crippen LogP) is 2.63. The minimum atomic E-state index is -0.795. The van der Waals surface area contributed by atoms with Crippen LogP contribution >= 0.6 is 0 Å². The molecule has 0 atom stereocenters. The summed E-state index contributed by atoms with van der Waals surface area (Å²) >= 11 is 0. The van der Waals surface area contributed by atoms with Crippen molar-refractivity contribution in [2.75, 3.05) is 6.61 Å². The standard InChI is InChI=1S/C15H24N2O4/c1-11(2)16-10-12-9-13(17(19)20)5-6-14(12)21-8-7-15(3,4)18/h5-6,9,11,16,18H,7-8,10H2,1-4H3. The minimum Gasteiger partial charge on any atom is -0.493 e. The van der Waals surface area contributed by atoms with Crippen LogP contribution in [0.25, 0.3) is 0 Å². The van der Waals surface area contributed by atoms with Gasteiger partial charge in [-0.05, 0) is 19.9 Å². The van der Waals surface area contributed by atoms with E-state index in [1.54, 1.807) is 19.9 Å². The third-order valence-electron chi connectivity index (χ3n) is 2.93. The number of rotatable bonds is 8. The first-order valence-corrected chi connectivity index (χ1v) is 7.05. The molecule has 0 unspecified atom stereocenters. The van der Waals surface area contributed by atoms with Crippen molar-refractivity contribution in [1.82, 2.24) is 5.32 Å². The maximum Gasteiger partial charge on any atom is 0.270 e. The molecule has 0 aliphatic heterocycles. The van der Waals surface area contributed by atoms with Crippen LogP contribution in [-0.4, -0.2) is 28.3 Å². The summed E-state index contributed by atoms with van der Waals surface area (Å²) in [6, 6.07) is 4.83. The lowest BCUT2D eigenvalue weighted by Crippen LogP contribution is -2.23. The number of ether oxygens (including phenoxy) is 1. The Hall–Kier alpha value is -1.66. The highest BCUT2D eigenvalue weighted by atomic mass is 16.6. The zero-order chi connectivity index (χ0) is 16.0. The Labute approximate surface area is 125 Å². The number of benzene rings is 1. The first-order valence-electron chi connectivity index (χ1n) is 7.05. The van der Waals surface area contributed by atoms with E-state index in [9.17, 15) is 15.2 Å². The van der Waals surface area contributed by atoms with E-state index < -0.39 is 10.5 Å². The summed E-state index contributed by atoms with van der Waals surface area (Å²) in [4.78, 5) is 10.4. The molecule has 0 bridgehead atoms. The van der Waals surface area contributed by atoms with Crippen molar-refractivity contribution in [1.29, 1.82) is 0 Å². The van der Waals surface area contributed by atoms with Gasteiger partial charge in [-0.2, -0.15) is 0 Å². The molecule has 0 spiro atoms. The van der Waals surface area contributed by atoms with Crippen LogP contribution in [0.15, 0.2) is 18.2 Å². The highest BCUT2D eigenvalue weighted by molar-refractivity contribution is 5.43. The van der Waals surface area contributed by atoms with Crippen LogP contribution in [-0.2, 0) is 6.54 Å². The Morgan fingerprint density at radius 1 is 1.43 bits per heavy atom. The van der Waals surface area contributed by atoms with Gasteiger partial charge in [-0.1, -0.05) is 13.8 Å². The lowest BCUT2D eigenvalue weighted by Gasteiger charge is -2.18. The van der Waals surface area contributed by atoms with E-state index in [0.29, 0.717) is 25.3 Å². The predicted molar refractivity (Wildman–Crippen MR) is 81.5 cm³/mol. The zero-order valence-electron chi connectivity index (χ0n) is 13.0. The smallest absolute Gasteiger partial charge is 0.270 e. The molecular formula is C15H24N2O4. The van der Waals surface area contributed by atoms with E-state index in [-0.39, 0.29) is 11.7 Å². The number of nitrogens with one attached hydrogen (secondary N) is 1. The molecule has 0 radical (unpaired) electrons. The Balaban J connectivity index is 2.82. The van der Waals surface area contributed by atoms with Gasteiger partial charge < -0.3 is 15.2 Å². The maximum absolute atomic E-state index is 10.9. The molecule has 21 heavy (non-hydrogen) atoms. The fourth-order valence-corrected chi connectivity index (χ4v) is 1.68. The van der Waals surface area contributed by atoms with Gasteiger partial charge in [-0.25, -0.2) is 0 Å². The monoisotopic (exact) mass is 296 g/mol. The molecule has 6 nitrogen and oxygen atoms in total. The van der Waals surface area contributed by atoms with Crippen LogP contribution in [0.3, 0.4) is 0 Å². The summed E-state index contributed by atoms with van der Waals surface area (Å²) in [5.41, 5.74) is -0.00374. The molecular weight excluding hydrogens is 272 g/mol. The van der Waals surface area contributed by atoms with Gasteiger partial charge >= 0.3 is 0 Å². The molecule has 118 valence electrons. The number of nitro groups is 1. The van der Waals surface area contributed by atoms with Crippen LogP contribution in [0.2, 0.25) is 0 Å². The van der Waals surface area contributed by atoms with Crippen LogP contribution in [0.4, 0.5) is 5.69 Å². The first kappa shape index (κ1) is 17.4. The number of hydrogen-bond acceptors (Lipinski definition) is 5. The number of non-ortho nitro benzene ring substituents is 1. The Morgan fingerprint density at radius 3 is 2.62 bits per heavy atom. The van der Waals surface area contributed by atoms with Crippen LogP contribution < -0.4 is 10.1 Å². The third kappa shape index (κ3) is 6.55. The molecule has 0 saturated carbocycles. The normalized spacial score (nSPS) is 11.7. The van der Waals surface area contributed by atoms with Crippen molar-refractivity contribution in [3.05, 3.63) is 33.9 Å². The average Bonchev–Trinajstić information content (AvgIpc) is 2.35. The summed E-state index contributed by atoms with van der Waals surface area (Å²) in [6.07, 6.45) is 0.487. The van der Waals surface area contributed by atoms with E-state index in [1.165, 1.54) is 12.1 Å². The van der Waals surface area contributed by atoms with Gasteiger partial charge in [0.05, 0.1) is 17.1 Å². The summed E-state index contributed by atoms with van der Waals surface area (Å²) in [5.74, 6) is 0.609. The maximum atomic E-state index is 10.9. The molecule has 0 heterocycles. The molecule has 0 aliphatic rings. The minimum absolute atomic E-state index is 0.0467. The van der Waals surface area contributed by atoms with Crippen molar-refractivity contribution < 1.29 is 14.8 Å². The molecule has 0 aliphatic carbocycles. The van der Waals surface area contributed by atoms with Gasteiger partial charge in [-0.3, -0.25) is 10.1 Å². The Kier molecular flexibility index (Phi) is 6.11. The summed E-state index contributed by atoms with van der Waals surface area (Å²) in [7, 11) is 0. The lowest BCUT2D eigenvalue weighted by atomic mass is 10.1.